The second-order valence-electron chi connectivity index (χ2n) is 4.25. The molecule has 2 heterocycles. The van der Waals surface area contributed by atoms with Crippen molar-refractivity contribution in [2.75, 3.05) is 12.4 Å². The Bertz CT molecular complexity index is 725. The predicted octanol–water partition coefficient (Wildman–Crippen LogP) is 1.95. The van der Waals surface area contributed by atoms with Gasteiger partial charge in [0.05, 0.1) is 0 Å². The van der Waals surface area contributed by atoms with Crippen LogP contribution < -0.4 is 5.32 Å². The molecule has 1 N–H and O–H groups in total. The third-order valence-corrected chi connectivity index (χ3v) is 3.55. The van der Waals surface area contributed by atoms with E-state index in [2.05, 4.69) is 49.4 Å². The summed E-state index contributed by atoms with van der Waals surface area (Å²) in [7, 11) is 1.76. The lowest BCUT2D eigenvalue weighted by Crippen LogP contribution is -2.07. The maximum atomic E-state index is 4.40. The summed E-state index contributed by atoms with van der Waals surface area (Å²) in [5, 5.41) is 7.57. The molecule has 0 aliphatic heterocycles. The van der Waals surface area contributed by atoms with E-state index >= 15 is 0 Å². The Morgan fingerprint density at radius 2 is 1.90 bits per heavy atom. The fraction of sp³-hybridized carbons (Fsp3) is 0.154. The molecular weight excluding hydrogens is 286 g/mol. The number of nitrogens with zero attached hydrogens (tertiary/aromatic N) is 6. The van der Waals surface area contributed by atoms with Crippen molar-refractivity contribution >= 4 is 17.7 Å². The van der Waals surface area contributed by atoms with Gasteiger partial charge in [0.1, 0.15) is 12.7 Å². The summed E-state index contributed by atoms with van der Waals surface area (Å²) in [6, 6.07) is 8.19. The average molecular weight is 299 g/mol. The quantitative estimate of drug-likeness (QED) is 0.788. The maximum absolute atomic E-state index is 4.40. The van der Waals surface area contributed by atoms with Crippen LogP contribution in [0.4, 0.5) is 5.95 Å². The molecule has 0 aliphatic carbocycles. The molecule has 3 rings (SSSR count). The fourth-order valence-electron chi connectivity index (χ4n) is 1.63. The minimum atomic E-state index is 0.432. The third-order valence-electron chi connectivity index (χ3n) is 2.68. The van der Waals surface area contributed by atoms with Crippen LogP contribution in [0, 0.1) is 6.92 Å². The van der Waals surface area contributed by atoms with E-state index in [-0.39, 0.29) is 0 Å². The molecule has 3 aromatic rings. The summed E-state index contributed by atoms with van der Waals surface area (Å²) in [4.78, 5) is 18.0. The summed E-state index contributed by atoms with van der Waals surface area (Å²) < 4.78 is 1.50. The van der Waals surface area contributed by atoms with E-state index in [4.69, 9.17) is 0 Å². The van der Waals surface area contributed by atoms with E-state index < -0.39 is 0 Å². The molecule has 0 amide bonds. The van der Waals surface area contributed by atoms with Gasteiger partial charge in [-0.25, -0.2) is 4.98 Å². The van der Waals surface area contributed by atoms with Gasteiger partial charge in [0, 0.05) is 11.9 Å². The van der Waals surface area contributed by atoms with Gasteiger partial charge in [-0.3, -0.25) is 0 Å². The smallest absolute Gasteiger partial charge is 0.257 e. The number of benzene rings is 1. The van der Waals surface area contributed by atoms with Crippen LogP contribution in [0.2, 0.25) is 0 Å². The van der Waals surface area contributed by atoms with Gasteiger partial charge in [-0.05, 0) is 30.8 Å². The molecule has 0 bridgehead atoms. The minimum absolute atomic E-state index is 0.432. The predicted molar refractivity (Wildman–Crippen MR) is 79.6 cm³/mol. The molecule has 0 saturated carbocycles. The van der Waals surface area contributed by atoms with E-state index in [1.807, 2.05) is 12.1 Å². The number of anilines is 1. The van der Waals surface area contributed by atoms with Crippen LogP contribution >= 0.6 is 11.8 Å². The summed E-state index contributed by atoms with van der Waals surface area (Å²) in [6.45, 7) is 2.05. The third kappa shape index (κ3) is 3.16. The van der Waals surface area contributed by atoms with Crippen molar-refractivity contribution in [3.63, 3.8) is 0 Å². The van der Waals surface area contributed by atoms with Crippen LogP contribution in [0.5, 0.6) is 0 Å². The molecule has 8 heteroatoms. The Morgan fingerprint density at radius 3 is 2.57 bits per heavy atom. The van der Waals surface area contributed by atoms with Crippen LogP contribution in [0.25, 0.3) is 5.95 Å². The number of nitrogens with one attached hydrogen (secondary N) is 1. The molecule has 0 atom stereocenters. The molecule has 0 saturated heterocycles. The lowest BCUT2D eigenvalue weighted by Gasteiger charge is -2.06. The minimum Gasteiger partial charge on any atom is -0.357 e. The first-order chi connectivity index (χ1) is 10.2. The summed E-state index contributed by atoms with van der Waals surface area (Å²) >= 11 is 1.47. The van der Waals surface area contributed by atoms with E-state index in [0.717, 1.165) is 4.90 Å². The first kappa shape index (κ1) is 13.5. The number of aryl methyl sites for hydroxylation is 1. The molecule has 0 radical (unpaired) electrons. The van der Waals surface area contributed by atoms with Crippen molar-refractivity contribution in [1.82, 2.24) is 29.7 Å². The standard InChI is InChI=1S/C13H13N7S/c1-9-3-5-10(6-4-9)21-13-18-11(14-2)17-12(19-13)20-8-15-7-16-20/h3-8H,1-2H3,(H,14,17,18,19). The van der Waals surface area contributed by atoms with E-state index in [1.165, 1.54) is 28.3 Å². The summed E-state index contributed by atoms with van der Waals surface area (Å²) in [6.07, 6.45) is 2.99. The van der Waals surface area contributed by atoms with Crippen molar-refractivity contribution in [2.45, 2.75) is 17.0 Å². The first-order valence-electron chi connectivity index (χ1n) is 6.28. The molecule has 21 heavy (non-hydrogen) atoms. The lowest BCUT2D eigenvalue weighted by molar-refractivity contribution is 0.761. The Kier molecular flexibility index (Phi) is 3.78. The maximum Gasteiger partial charge on any atom is 0.257 e. The summed E-state index contributed by atoms with van der Waals surface area (Å²) in [5.74, 6) is 0.923. The average Bonchev–Trinajstić information content (AvgIpc) is 3.04. The first-order valence-corrected chi connectivity index (χ1v) is 7.09. The second-order valence-corrected chi connectivity index (χ2v) is 5.29. The molecule has 2 aromatic heterocycles. The lowest BCUT2D eigenvalue weighted by atomic mass is 10.2. The Hall–Kier alpha value is -2.48. The van der Waals surface area contributed by atoms with Gasteiger partial charge >= 0.3 is 0 Å². The monoisotopic (exact) mass is 299 g/mol. The van der Waals surface area contributed by atoms with Gasteiger partial charge in [0.2, 0.25) is 5.95 Å². The van der Waals surface area contributed by atoms with E-state index in [0.29, 0.717) is 17.1 Å². The highest BCUT2D eigenvalue weighted by atomic mass is 32.2. The molecule has 0 unspecified atom stereocenters. The van der Waals surface area contributed by atoms with Crippen LogP contribution in [-0.2, 0) is 0 Å². The Labute approximate surface area is 125 Å². The topological polar surface area (TPSA) is 81.4 Å². The SMILES string of the molecule is CNc1nc(Sc2ccc(C)cc2)nc(-n2cncn2)n1. The number of aromatic nitrogens is 6. The van der Waals surface area contributed by atoms with Crippen molar-refractivity contribution in [1.29, 1.82) is 0 Å². The highest BCUT2D eigenvalue weighted by Gasteiger charge is 2.09. The van der Waals surface area contributed by atoms with Crippen LogP contribution in [0.15, 0.2) is 47.0 Å². The van der Waals surface area contributed by atoms with Gasteiger partial charge in [-0.2, -0.15) is 24.7 Å². The molecule has 1 aromatic carbocycles. The highest BCUT2D eigenvalue weighted by Crippen LogP contribution is 2.25. The van der Waals surface area contributed by atoms with Gasteiger partial charge < -0.3 is 5.32 Å². The number of hydrogen-bond donors (Lipinski definition) is 1. The van der Waals surface area contributed by atoms with Crippen LogP contribution in [0.1, 0.15) is 5.56 Å². The molecule has 0 fully saturated rings. The molecule has 0 aliphatic rings. The Morgan fingerprint density at radius 1 is 1.10 bits per heavy atom. The van der Waals surface area contributed by atoms with Crippen LogP contribution in [-0.4, -0.2) is 36.8 Å². The van der Waals surface area contributed by atoms with Gasteiger partial charge in [0.25, 0.3) is 5.95 Å². The van der Waals surface area contributed by atoms with Crippen molar-refractivity contribution < 1.29 is 0 Å². The van der Waals surface area contributed by atoms with Gasteiger partial charge in [-0.1, -0.05) is 17.7 Å². The van der Waals surface area contributed by atoms with Crippen molar-refractivity contribution in [2.24, 2.45) is 0 Å². The van der Waals surface area contributed by atoms with Crippen molar-refractivity contribution in [3.05, 3.63) is 42.5 Å². The zero-order valence-corrected chi connectivity index (χ0v) is 12.4. The van der Waals surface area contributed by atoms with Gasteiger partial charge in [0.15, 0.2) is 5.16 Å². The molecule has 7 nitrogen and oxygen atoms in total. The van der Waals surface area contributed by atoms with Gasteiger partial charge in [-0.15, -0.1) is 0 Å². The molecular formula is C13H13N7S. The number of rotatable bonds is 4. The zero-order valence-electron chi connectivity index (χ0n) is 11.6. The van der Waals surface area contributed by atoms with Crippen molar-refractivity contribution in [3.8, 4) is 5.95 Å². The second kappa shape index (κ2) is 5.88. The largest absolute Gasteiger partial charge is 0.357 e. The normalized spacial score (nSPS) is 10.6. The number of hydrogen-bond acceptors (Lipinski definition) is 7. The highest BCUT2D eigenvalue weighted by molar-refractivity contribution is 7.99. The van der Waals surface area contributed by atoms with Crippen LogP contribution in [0.3, 0.4) is 0 Å². The van der Waals surface area contributed by atoms with E-state index in [9.17, 15) is 0 Å². The fourth-order valence-corrected chi connectivity index (χ4v) is 2.37. The zero-order chi connectivity index (χ0) is 14.7. The Balaban J connectivity index is 1.94. The molecule has 0 spiro atoms. The summed E-state index contributed by atoms with van der Waals surface area (Å²) in [5.41, 5.74) is 1.22. The van der Waals surface area contributed by atoms with E-state index in [1.54, 1.807) is 13.4 Å². The molecule has 106 valence electrons.